The summed E-state index contributed by atoms with van der Waals surface area (Å²) >= 11 is 0. The molecular weight excluding hydrogens is 331 g/mol. The lowest BCUT2D eigenvalue weighted by atomic mass is 10.1. The summed E-state index contributed by atoms with van der Waals surface area (Å²) in [6.07, 6.45) is 2.25. The molecule has 2 N–H and O–H groups in total. The first kappa shape index (κ1) is 16.6. The van der Waals surface area contributed by atoms with E-state index < -0.39 is 0 Å². The third kappa shape index (κ3) is 3.17. The number of para-hydroxylation sites is 1. The third-order valence-electron chi connectivity index (χ3n) is 5.00. The molecule has 0 aliphatic heterocycles. The van der Waals surface area contributed by atoms with Crippen molar-refractivity contribution in [2.24, 2.45) is 0 Å². The molecule has 1 aromatic heterocycles. The molecule has 0 radical (unpaired) electrons. The fraction of sp³-hybridized carbons (Fsp3) is 0.286. The quantitative estimate of drug-likeness (QED) is 0.728. The van der Waals surface area contributed by atoms with Crippen LogP contribution in [0.2, 0.25) is 0 Å². The van der Waals surface area contributed by atoms with Crippen LogP contribution in [0.4, 0.5) is 4.39 Å². The number of nitrogens with zero attached hydrogens (tertiary/aromatic N) is 1. The van der Waals surface area contributed by atoms with Gasteiger partial charge in [-0.1, -0.05) is 24.3 Å². The number of hydrogen-bond donors (Lipinski definition) is 2. The highest BCUT2D eigenvalue weighted by Crippen LogP contribution is 2.31. The standard InChI is InChI=1S/C21H21FN2O2/c1-13-18(17-6-3-7-19(22)21(17)23-13)11-20(26)24(15-8-9-15)12-14-4-2-5-16(25)10-14/h2-7,10,15,23,25H,8-9,11-12H2,1H3. The Morgan fingerprint density at radius 1 is 1.27 bits per heavy atom. The number of halogens is 1. The zero-order valence-electron chi connectivity index (χ0n) is 14.6. The fourth-order valence-corrected chi connectivity index (χ4v) is 3.51. The van der Waals surface area contributed by atoms with Crippen molar-refractivity contribution in [3.8, 4) is 5.75 Å². The van der Waals surface area contributed by atoms with Crippen LogP contribution in [0.1, 0.15) is 29.7 Å². The van der Waals surface area contributed by atoms with Crippen LogP contribution in [-0.2, 0) is 17.8 Å². The van der Waals surface area contributed by atoms with Crippen LogP contribution in [-0.4, -0.2) is 26.9 Å². The van der Waals surface area contributed by atoms with Crippen LogP contribution in [0, 0.1) is 12.7 Å². The molecule has 5 heteroatoms. The van der Waals surface area contributed by atoms with Gasteiger partial charge in [-0.25, -0.2) is 4.39 Å². The number of aromatic hydroxyl groups is 1. The molecule has 134 valence electrons. The lowest BCUT2D eigenvalue weighted by molar-refractivity contribution is -0.131. The maximum atomic E-state index is 14.0. The van der Waals surface area contributed by atoms with Crippen LogP contribution in [0.3, 0.4) is 0 Å². The summed E-state index contributed by atoms with van der Waals surface area (Å²) in [5.41, 5.74) is 3.04. The molecule has 2 aromatic carbocycles. The van der Waals surface area contributed by atoms with Gasteiger partial charge >= 0.3 is 0 Å². The van der Waals surface area contributed by atoms with Crippen molar-refractivity contribution in [3.05, 3.63) is 65.1 Å². The maximum absolute atomic E-state index is 14.0. The second-order valence-corrected chi connectivity index (χ2v) is 6.99. The minimum Gasteiger partial charge on any atom is -0.508 e. The predicted octanol–water partition coefficient (Wildman–Crippen LogP) is 4.05. The number of aryl methyl sites for hydroxylation is 1. The Kier molecular flexibility index (Phi) is 4.15. The van der Waals surface area contributed by atoms with Gasteiger partial charge in [0.2, 0.25) is 5.91 Å². The third-order valence-corrected chi connectivity index (χ3v) is 5.00. The number of carbonyl (C=O) groups excluding carboxylic acids is 1. The molecule has 0 saturated heterocycles. The van der Waals surface area contributed by atoms with Gasteiger partial charge in [0.1, 0.15) is 11.6 Å². The van der Waals surface area contributed by atoms with E-state index in [4.69, 9.17) is 0 Å². The SMILES string of the molecule is Cc1[nH]c2c(F)cccc2c1CC(=O)N(Cc1cccc(O)c1)C1CC1. The Morgan fingerprint density at radius 3 is 2.77 bits per heavy atom. The number of aromatic nitrogens is 1. The first-order valence-electron chi connectivity index (χ1n) is 8.86. The summed E-state index contributed by atoms with van der Waals surface area (Å²) in [4.78, 5) is 18.0. The Balaban J connectivity index is 1.60. The van der Waals surface area contributed by atoms with E-state index in [1.165, 1.54) is 6.07 Å². The topological polar surface area (TPSA) is 56.3 Å². The molecule has 1 saturated carbocycles. The average Bonchev–Trinajstić information content (AvgIpc) is 3.39. The zero-order valence-corrected chi connectivity index (χ0v) is 14.6. The number of phenolic OH excluding ortho intramolecular Hbond substituents is 1. The van der Waals surface area contributed by atoms with E-state index in [2.05, 4.69) is 4.98 Å². The van der Waals surface area contributed by atoms with Gasteiger partial charge in [-0.3, -0.25) is 4.79 Å². The summed E-state index contributed by atoms with van der Waals surface area (Å²) in [5, 5.41) is 10.4. The summed E-state index contributed by atoms with van der Waals surface area (Å²) in [5.74, 6) is -0.0687. The second kappa shape index (κ2) is 6.48. The van der Waals surface area contributed by atoms with Gasteiger partial charge in [-0.2, -0.15) is 0 Å². The van der Waals surface area contributed by atoms with Crippen molar-refractivity contribution in [1.82, 2.24) is 9.88 Å². The van der Waals surface area contributed by atoms with Crippen LogP contribution >= 0.6 is 0 Å². The number of H-pyrrole nitrogens is 1. The zero-order chi connectivity index (χ0) is 18.3. The lowest BCUT2D eigenvalue weighted by Crippen LogP contribution is -2.33. The molecule has 26 heavy (non-hydrogen) atoms. The summed E-state index contributed by atoms with van der Waals surface area (Å²) in [6, 6.07) is 12.2. The van der Waals surface area contributed by atoms with E-state index >= 15 is 0 Å². The van der Waals surface area contributed by atoms with Gasteiger partial charge in [-0.05, 0) is 49.1 Å². The van der Waals surface area contributed by atoms with Gasteiger partial charge in [0.15, 0.2) is 0 Å². The van der Waals surface area contributed by atoms with Gasteiger partial charge in [0, 0.05) is 23.7 Å². The maximum Gasteiger partial charge on any atom is 0.227 e. The fourth-order valence-electron chi connectivity index (χ4n) is 3.51. The molecule has 4 nitrogen and oxygen atoms in total. The second-order valence-electron chi connectivity index (χ2n) is 6.99. The van der Waals surface area contributed by atoms with E-state index in [-0.39, 0.29) is 29.9 Å². The number of amides is 1. The molecule has 0 atom stereocenters. The number of benzene rings is 2. The van der Waals surface area contributed by atoms with E-state index in [9.17, 15) is 14.3 Å². The lowest BCUT2D eigenvalue weighted by Gasteiger charge is -2.23. The molecule has 0 spiro atoms. The summed E-state index contributed by atoms with van der Waals surface area (Å²) < 4.78 is 14.0. The van der Waals surface area contributed by atoms with Crippen molar-refractivity contribution in [2.45, 2.75) is 38.8 Å². The molecule has 4 rings (SSSR count). The molecule has 1 fully saturated rings. The molecule has 1 amide bonds. The van der Waals surface area contributed by atoms with Gasteiger partial charge in [0.05, 0.1) is 11.9 Å². The number of carbonyl (C=O) groups is 1. The molecule has 0 bridgehead atoms. The molecule has 1 aliphatic carbocycles. The smallest absolute Gasteiger partial charge is 0.227 e. The largest absolute Gasteiger partial charge is 0.508 e. The Labute approximate surface area is 151 Å². The number of aromatic amines is 1. The van der Waals surface area contributed by atoms with Crippen LogP contribution in [0.5, 0.6) is 5.75 Å². The van der Waals surface area contributed by atoms with Crippen molar-refractivity contribution < 1.29 is 14.3 Å². The molecule has 1 aliphatic rings. The van der Waals surface area contributed by atoms with Crippen molar-refractivity contribution >= 4 is 16.8 Å². The normalized spacial score (nSPS) is 13.9. The Bertz CT molecular complexity index is 975. The molecule has 3 aromatic rings. The van der Waals surface area contributed by atoms with E-state index in [1.807, 2.05) is 24.0 Å². The Morgan fingerprint density at radius 2 is 2.04 bits per heavy atom. The predicted molar refractivity (Wildman–Crippen MR) is 98.4 cm³/mol. The highest BCUT2D eigenvalue weighted by atomic mass is 19.1. The minimum absolute atomic E-state index is 0.0316. The highest BCUT2D eigenvalue weighted by Gasteiger charge is 2.33. The first-order chi connectivity index (χ1) is 12.5. The number of nitrogens with one attached hydrogen (secondary N) is 1. The number of phenols is 1. The Hall–Kier alpha value is -2.82. The molecule has 1 heterocycles. The summed E-state index contributed by atoms with van der Waals surface area (Å²) in [6.45, 7) is 2.35. The highest BCUT2D eigenvalue weighted by molar-refractivity contribution is 5.90. The van der Waals surface area contributed by atoms with Crippen molar-refractivity contribution in [1.29, 1.82) is 0 Å². The van der Waals surface area contributed by atoms with Gasteiger partial charge in [-0.15, -0.1) is 0 Å². The van der Waals surface area contributed by atoms with Crippen molar-refractivity contribution in [3.63, 3.8) is 0 Å². The van der Waals surface area contributed by atoms with E-state index in [0.717, 1.165) is 35.0 Å². The van der Waals surface area contributed by atoms with Gasteiger partial charge in [0.25, 0.3) is 0 Å². The monoisotopic (exact) mass is 352 g/mol. The molecule has 0 unspecified atom stereocenters. The van der Waals surface area contributed by atoms with Crippen LogP contribution in [0.25, 0.3) is 10.9 Å². The van der Waals surface area contributed by atoms with Crippen molar-refractivity contribution in [2.75, 3.05) is 0 Å². The minimum atomic E-state index is -0.303. The number of fused-ring (bicyclic) bond motifs is 1. The summed E-state index contributed by atoms with van der Waals surface area (Å²) in [7, 11) is 0. The molecular formula is C21H21FN2O2. The van der Waals surface area contributed by atoms with Gasteiger partial charge < -0.3 is 15.0 Å². The van der Waals surface area contributed by atoms with Crippen LogP contribution < -0.4 is 0 Å². The van der Waals surface area contributed by atoms with E-state index in [1.54, 1.807) is 24.3 Å². The first-order valence-corrected chi connectivity index (χ1v) is 8.86. The number of rotatable bonds is 5. The number of hydrogen-bond acceptors (Lipinski definition) is 2. The van der Waals surface area contributed by atoms with Crippen LogP contribution in [0.15, 0.2) is 42.5 Å². The average molecular weight is 352 g/mol. The van der Waals surface area contributed by atoms with E-state index in [0.29, 0.717) is 12.1 Å².